The highest BCUT2D eigenvalue weighted by atomic mass is 32.1. The number of nitrogens with two attached hydrogens (primary N) is 1. The predicted octanol–water partition coefficient (Wildman–Crippen LogP) is 1.53. The van der Waals surface area contributed by atoms with E-state index in [-0.39, 0.29) is 5.91 Å². The summed E-state index contributed by atoms with van der Waals surface area (Å²) in [5.41, 5.74) is 9.32. The number of carbonyl (C=O) groups excluding carboxylic acids is 1. The molecule has 0 fully saturated rings. The van der Waals surface area contributed by atoms with Gasteiger partial charge < -0.3 is 11.1 Å². The normalized spacial score (nSPS) is 13.8. The number of imidazole rings is 1. The number of hydrogen-bond donors (Lipinski definition) is 2. The second kappa shape index (κ2) is 3.55. The van der Waals surface area contributed by atoms with Crippen LogP contribution in [0.1, 0.15) is 5.56 Å². The molecule has 7 heteroatoms. The van der Waals surface area contributed by atoms with Crippen molar-refractivity contribution in [3.05, 3.63) is 30.0 Å². The lowest BCUT2D eigenvalue weighted by Crippen LogP contribution is -2.03. The van der Waals surface area contributed by atoms with Gasteiger partial charge in [-0.25, -0.2) is 9.50 Å². The Morgan fingerprint density at radius 3 is 3.16 bits per heavy atom. The van der Waals surface area contributed by atoms with Gasteiger partial charge in [0, 0.05) is 11.3 Å². The van der Waals surface area contributed by atoms with E-state index in [4.69, 9.17) is 5.73 Å². The molecule has 19 heavy (non-hydrogen) atoms. The van der Waals surface area contributed by atoms with Crippen molar-refractivity contribution in [2.75, 3.05) is 11.1 Å². The SMILES string of the molecule is Nc1nn2cc(-c3ccc4c(c3)CC(=O)N4)nc2s1. The van der Waals surface area contributed by atoms with Gasteiger partial charge in [0.1, 0.15) is 0 Å². The van der Waals surface area contributed by atoms with Crippen LogP contribution in [0.25, 0.3) is 16.2 Å². The Bertz CT molecular complexity index is 787. The summed E-state index contributed by atoms with van der Waals surface area (Å²) in [6.07, 6.45) is 2.27. The van der Waals surface area contributed by atoms with E-state index in [0.717, 1.165) is 27.5 Å². The third kappa shape index (κ3) is 1.59. The van der Waals surface area contributed by atoms with E-state index in [1.165, 1.54) is 11.3 Å². The van der Waals surface area contributed by atoms with Crippen LogP contribution < -0.4 is 11.1 Å². The molecular formula is C12H9N5OS. The quantitative estimate of drug-likeness (QED) is 0.703. The number of fused-ring (bicyclic) bond motifs is 2. The Labute approximate surface area is 111 Å². The summed E-state index contributed by atoms with van der Waals surface area (Å²) in [7, 11) is 0. The zero-order chi connectivity index (χ0) is 13.0. The van der Waals surface area contributed by atoms with Crippen molar-refractivity contribution in [1.29, 1.82) is 0 Å². The Morgan fingerprint density at radius 1 is 1.42 bits per heavy atom. The lowest BCUT2D eigenvalue weighted by Gasteiger charge is -2.00. The van der Waals surface area contributed by atoms with Gasteiger partial charge in [-0.1, -0.05) is 17.4 Å². The molecule has 3 N–H and O–H groups in total. The predicted molar refractivity (Wildman–Crippen MR) is 73.0 cm³/mol. The van der Waals surface area contributed by atoms with Crippen molar-refractivity contribution in [1.82, 2.24) is 14.6 Å². The second-order valence-corrected chi connectivity index (χ2v) is 5.38. The Kier molecular flexibility index (Phi) is 1.96. The minimum absolute atomic E-state index is 0.0346. The molecule has 1 aromatic carbocycles. The van der Waals surface area contributed by atoms with Gasteiger partial charge in [-0.2, -0.15) is 0 Å². The van der Waals surface area contributed by atoms with Gasteiger partial charge in [-0.05, 0) is 17.7 Å². The maximum absolute atomic E-state index is 11.3. The average Bonchev–Trinajstić information content (AvgIpc) is 2.98. The van der Waals surface area contributed by atoms with E-state index >= 15 is 0 Å². The minimum Gasteiger partial charge on any atom is -0.374 e. The molecule has 6 nitrogen and oxygen atoms in total. The summed E-state index contributed by atoms with van der Waals surface area (Å²) in [4.78, 5) is 16.6. The molecule has 0 spiro atoms. The van der Waals surface area contributed by atoms with Crippen molar-refractivity contribution in [2.24, 2.45) is 0 Å². The number of aromatic nitrogens is 3. The smallest absolute Gasteiger partial charge is 0.228 e. The van der Waals surface area contributed by atoms with Crippen molar-refractivity contribution >= 4 is 33.0 Å². The minimum atomic E-state index is 0.0346. The molecule has 0 aliphatic carbocycles. The van der Waals surface area contributed by atoms with E-state index in [1.54, 1.807) is 4.52 Å². The number of rotatable bonds is 1. The summed E-state index contributed by atoms with van der Waals surface area (Å²) in [6, 6.07) is 5.84. The molecule has 3 aromatic rings. The number of nitrogens with zero attached hydrogens (tertiary/aromatic N) is 3. The standard InChI is InChI=1S/C12H9N5OS/c13-11-16-17-5-9(15-12(17)19-11)6-1-2-8-7(3-6)4-10(18)14-8/h1-3,5H,4H2,(H2,13,16)(H,14,18). The first-order valence-corrected chi connectivity index (χ1v) is 6.55. The fraction of sp³-hybridized carbons (Fsp3) is 0.0833. The molecule has 2 aromatic heterocycles. The zero-order valence-electron chi connectivity index (χ0n) is 9.75. The van der Waals surface area contributed by atoms with E-state index in [2.05, 4.69) is 15.4 Å². The van der Waals surface area contributed by atoms with Crippen LogP contribution in [0.5, 0.6) is 0 Å². The summed E-state index contributed by atoms with van der Waals surface area (Å²) >= 11 is 1.35. The van der Waals surface area contributed by atoms with Gasteiger partial charge in [-0.15, -0.1) is 5.10 Å². The van der Waals surface area contributed by atoms with Crippen LogP contribution >= 0.6 is 11.3 Å². The maximum Gasteiger partial charge on any atom is 0.228 e. The van der Waals surface area contributed by atoms with Crippen LogP contribution in [0.4, 0.5) is 10.8 Å². The number of nitrogens with one attached hydrogen (secondary N) is 1. The first kappa shape index (κ1) is 10.5. The molecule has 0 unspecified atom stereocenters. The third-order valence-electron chi connectivity index (χ3n) is 3.08. The average molecular weight is 271 g/mol. The van der Waals surface area contributed by atoms with Crippen LogP contribution in [-0.4, -0.2) is 20.5 Å². The number of hydrogen-bond acceptors (Lipinski definition) is 5. The van der Waals surface area contributed by atoms with Crippen molar-refractivity contribution in [3.63, 3.8) is 0 Å². The summed E-state index contributed by atoms with van der Waals surface area (Å²) in [5, 5.41) is 7.44. The van der Waals surface area contributed by atoms with Crippen LogP contribution in [-0.2, 0) is 11.2 Å². The monoisotopic (exact) mass is 271 g/mol. The molecule has 1 aliphatic heterocycles. The van der Waals surface area contributed by atoms with Gasteiger partial charge in [0.2, 0.25) is 16.0 Å². The first-order valence-electron chi connectivity index (χ1n) is 5.74. The number of nitrogen functional groups attached to an aromatic ring is 1. The van der Waals surface area contributed by atoms with Crippen molar-refractivity contribution < 1.29 is 4.79 Å². The summed E-state index contributed by atoms with van der Waals surface area (Å²) < 4.78 is 1.67. The topological polar surface area (TPSA) is 85.3 Å². The molecule has 0 saturated heterocycles. The number of carbonyl (C=O) groups is 1. The zero-order valence-corrected chi connectivity index (χ0v) is 10.6. The lowest BCUT2D eigenvalue weighted by atomic mass is 10.1. The molecular weight excluding hydrogens is 262 g/mol. The van der Waals surface area contributed by atoms with Gasteiger partial charge in [0.05, 0.1) is 18.3 Å². The number of benzene rings is 1. The van der Waals surface area contributed by atoms with Gasteiger partial charge >= 0.3 is 0 Å². The highest BCUT2D eigenvalue weighted by molar-refractivity contribution is 7.20. The number of amides is 1. The van der Waals surface area contributed by atoms with E-state index in [9.17, 15) is 4.79 Å². The highest BCUT2D eigenvalue weighted by Crippen LogP contribution is 2.29. The van der Waals surface area contributed by atoms with E-state index in [0.29, 0.717) is 11.6 Å². The Hall–Kier alpha value is -2.41. The molecule has 0 bridgehead atoms. The molecule has 4 rings (SSSR count). The molecule has 3 heterocycles. The second-order valence-electron chi connectivity index (χ2n) is 4.39. The molecule has 0 atom stereocenters. The van der Waals surface area contributed by atoms with E-state index < -0.39 is 0 Å². The summed E-state index contributed by atoms with van der Waals surface area (Å²) in [5.74, 6) is 0.0346. The molecule has 94 valence electrons. The van der Waals surface area contributed by atoms with Crippen LogP contribution in [0.15, 0.2) is 24.4 Å². The molecule has 0 saturated carbocycles. The Morgan fingerprint density at radius 2 is 2.32 bits per heavy atom. The largest absolute Gasteiger partial charge is 0.374 e. The summed E-state index contributed by atoms with van der Waals surface area (Å²) in [6.45, 7) is 0. The molecule has 1 amide bonds. The van der Waals surface area contributed by atoms with E-state index in [1.807, 2.05) is 24.4 Å². The van der Waals surface area contributed by atoms with Gasteiger partial charge in [0.25, 0.3) is 0 Å². The fourth-order valence-corrected chi connectivity index (χ4v) is 2.89. The van der Waals surface area contributed by atoms with Crippen LogP contribution in [0, 0.1) is 0 Å². The lowest BCUT2D eigenvalue weighted by molar-refractivity contribution is -0.115. The molecule has 1 aliphatic rings. The fourth-order valence-electron chi connectivity index (χ4n) is 2.24. The van der Waals surface area contributed by atoms with Crippen LogP contribution in [0.3, 0.4) is 0 Å². The van der Waals surface area contributed by atoms with Crippen molar-refractivity contribution in [3.8, 4) is 11.3 Å². The Balaban J connectivity index is 1.81. The first-order chi connectivity index (χ1) is 9.19. The van der Waals surface area contributed by atoms with Crippen molar-refractivity contribution in [2.45, 2.75) is 6.42 Å². The highest BCUT2D eigenvalue weighted by Gasteiger charge is 2.18. The molecule has 0 radical (unpaired) electrons. The maximum atomic E-state index is 11.3. The van der Waals surface area contributed by atoms with Gasteiger partial charge in [-0.3, -0.25) is 4.79 Å². The number of anilines is 2. The van der Waals surface area contributed by atoms with Gasteiger partial charge in [0.15, 0.2) is 0 Å². The van der Waals surface area contributed by atoms with Crippen LogP contribution in [0.2, 0.25) is 0 Å². The third-order valence-corrected chi connectivity index (χ3v) is 3.84.